The second kappa shape index (κ2) is 6.46. The van der Waals surface area contributed by atoms with Gasteiger partial charge in [0.2, 0.25) is 5.91 Å². The van der Waals surface area contributed by atoms with Crippen LogP contribution in [0, 0.1) is 40.9 Å². The SMILES string of the molecule is CC1C2C3CC4C1C2C34C(=O)N1CCC(C)(n2cc(Cc3ccc4c5c(cccc35)C(=O)N4)cn2)CC1. The smallest absolute Gasteiger partial charge is 0.256 e. The van der Waals surface area contributed by atoms with E-state index in [-0.39, 0.29) is 16.9 Å². The Kier molecular flexibility index (Phi) is 3.64. The second-order valence-electron chi connectivity index (χ2n) is 13.1. The fourth-order valence-corrected chi connectivity index (χ4v) is 10.1. The molecule has 0 radical (unpaired) electrons. The molecule has 6 aliphatic rings. The highest BCUT2D eigenvalue weighted by molar-refractivity contribution is 6.24. The van der Waals surface area contributed by atoms with Crippen molar-refractivity contribution in [2.45, 2.75) is 45.1 Å². The van der Waals surface area contributed by atoms with Crippen LogP contribution in [-0.4, -0.2) is 39.6 Å². The lowest BCUT2D eigenvalue weighted by Gasteiger charge is -2.92. The van der Waals surface area contributed by atoms with E-state index in [0.717, 1.165) is 78.0 Å². The van der Waals surface area contributed by atoms with Gasteiger partial charge in [-0.15, -0.1) is 0 Å². The van der Waals surface area contributed by atoms with Gasteiger partial charge in [-0.3, -0.25) is 14.3 Å². The molecule has 3 aromatic rings. The third kappa shape index (κ3) is 2.21. The van der Waals surface area contributed by atoms with Gasteiger partial charge in [0.15, 0.2) is 0 Å². The number of carbonyl (C=O) groups excluding carboxylic acids is 2. The normalized spacial score (nSPS) is 37.1. The minimum Gasteiger partial charge on any atom is -0.342 e. The zero-order valence-electron chi connectivity index (χ0n) is 21.4. The van der Waals surface area contributed by atoms with Gasteiger partial charge in [0.1, 0.15) is 0 Å². The summed E-state index contributed by atoms with van der Waals surface area (Å²) < 4.78 is 2.15. The van der Waals surface area contributed by atoms with Crippen molar-refractivity contribution < 1.29 is 9.59 Å². The summed E-state index contributed by atoms with van der Waals surface area (Å²) in [5.74, 6) is 5.25. The lowest BCUT2D eigenvalue weighted by molar-refractivity contribution is -0.446. The summed E-state index contributed by atoms with van der Waals surface area (Å²) in [5.41, 5.74) is 4.07. The van der Waals surface area contributed by atoms with Gasteiger partial charge in [-0.2, -0.15) is 5.10 Å². The molecule has 4 aliphatic carbocycles. The van der Waals surface area contributed by atoms with Gasteiger partial charge < -0.3 is 10.2 Å². The van der Waals surface area contributed by atoms with E-state index in [1.807, 2.05) is 24.4 Å². The van der Waals surface area contributed by atoms with Crippen molar-refractivity contribution in [1.29, 1.82) is 0 Å². The Hall–Kier alpha value is -3.15. The van der Waals surface area contributed by atoms with E-state index in [4.69, 9.17) is 5.10 Å². The van der Waals surface area contributed by atoms with Gasteiger partial charge in [0.25, 0.3) is 5.91 Å². The molecular formula is C31H32N4O2. The highest BCUT2D eigenvalue weighted by Crippen LogP contribution is 2.92. The zero-order valence-corrected chi connectivity index (χ0v) is 21.4. The Morgan fingerprint density at radius 3 is 2.68 bits per heavy atom. The van der Waals surface area contributed by atoms with Crippen LogP contribution in [0.2, 0.25) is 0 Å². The number of hydrogen-bond donors (Lipinski definition) is 1. The fraction of sp³-hybridized carbons (Fsp3) is 0.516. The number of aromatic nitrogens is 2. The molecule has 1 saturated heterocycles. The molecule has 2 amide bonds. The van der Waals surface area contributed by atoms with E-state index in [1.165, 1.54) is 17.5 Å². The van der Waals surface area contributed by atoms with Crippen molar-refractivity contribution in [2.24, 2.45) is 40.9 Å². The number of likely N-dealkylation sites (tertiary alicyclic amines) is 1. The van der Waals surface area contributed by atoms with E-state index in [0.29, 0.717) is 17.7 Å². The van der Waals surface area contributed by atoms with Gasteiger partial charge in [0, 0.05) is 42.3 Å². The molecule has 3 heterocycles. The van der Waals surface area contributed by atoms with Crippen LogP contribution >= 0.6 is 0 Å². The zero-order chi connectivity index (χ0) is 24.8. The van der Waals surface area contributed by atoms with Gasteiger partial charge >= 0.3 is 0 Å². The summed E-state index contributed by atoms with van der Waals surface area (Å²) in [5, 5.41) is 9.95. The molecule has 4 atom stereocenters. The monoisotopic (exact) mass is 492 g/mol. The van der Waals surface area contributed by atoms with Gasteiger partial charge in [0.05, 0.1) is 17.2 Å². The molecule has 37 heavy (non-hydrogen) atoms. The molecule has 0 bridgehead atoms. The van der Waals surface area contributed by atoms with Gasteiger partial charge in [-0.05, 0) is 90.3 Å². The number of piperidine rings is 1. The number of carbonyl (C=O) groups is 2. The molecule has 6 nitrogen and oxygen atoms in total. The van der Waals surface area contributed by atoms with Crippen molar-refractivity contribution in [3.8, 4) is 0 Å². The maximum Gasteiger partial charge on any atom is 0.256 e. The molecule has 4 unspecified atom stereocenters. The predicted octanol–water partition coefficient (Wildman–Crippen LogP) is 4.68. The summed E-state index contributed by atoms with van der Waals surface area (Å²) in [7, 11) is 0. The molecule has 2 aliphatic heterocycles. The molecule has 6 heteroatoms. The topological polar surface area (TPSA) is 67.2 Å². The quantitative estimate of drug-likeness (QED) is 0.575. The first-order valence-electron chi connectivity index (χ1n) is 14.1. The third-order valence-electron chi connectivity index (χ3n) is 12.0. The summed E-state index contributed by atoms with van der Waals surface area (Å²) in [6, 6.07) is 10.1. The largest absolute Gasteiger partial charge is 0.342 e. The van der Waals surface area contributed by atoms with Gasteiger partial charge in [-0.1, -0.05) is 25.1 Å². The van der Waals surface area contributed by atoms with Crippen LogP contribution in [-0.2, 0) is 16.8 Å². The van der Waals surface area contributed by atoms with E-state index in [1.54, 1.807) is 0 Å². The molecular weight excluding hydrogens is 460 g/mol. The first kappa shape index (κ1) is 20.9. The average Bonchev–Trinajstić information content (AvgIpc) is 3.51. The van der Waals surface area contributed by atoms with Crippen molar-refractivity contribution in [3.63, 3.8) is 0 Å². The van der Waals surface area contributed by atoms with Crippen molar-refractivity contribution in [3.05, 3.63) is 59.4 Å². The number of hydrogen-bond acceptors (Lipinski definition) is 3. The molecule has 1 aromatic heterocycles. The van der Waals surface area contributed by atoms with E-state index >= 15 is 0 Å². The van der Waals surface area contributed by atoms with Gasteiger partial charge in [-0.25, -0.2) is 0 Å². The maximum absolute atomic E-state index is 13.7. The van der Waals surface area contributed by atoms with Crippen LogP contribution in [0.3, 0.4) is 0 Å². The summed E-state index contributed by atoms with van der Waals surface area (Å²) in [6.07, 6.45) is 8.20. The number of anilines is 1. The van der Waals surface area contributed by atoms with Crippen LogP contribution in [0.5, 0.6) is 0 Å². The molecule has 1 N–H and O–H groups in total. The summed E-state index contributed by atoms with van der Waals surface area (Å²) >= 11 is 0. The Labute approximate surface area is 216 Å². The summed E-state index contributed by atoms with van der Waals surface area (Å²) in [6.45, 7) is 6.41. The molecule has 9 rings (SSSR count). The number of rotatable bonds is 4. The van der Waals surface area contributed by atoms with Crippen LogP contribution in [0.15, 0.2) is 42.7 Å². The molecule has 4 saturated carbocycles. The van der Waals surface area contributed by atoms with Crippen LogP contribution in [0.4, 0.5) is 5.69 Å². The highest BCUT2D eigenvalue weighted by atomic mass is 16.2. The lowest BCUT2D eigenvalue weighted by atomic mass is 9.11. The Morgan fingerprint density at radius 1 is 1.14 bits per heavy atom. The number of nitrogens with one attached hydrogen (secondary N) is 1. The number of benzene rings is 2. The number of amides is 2. The molecule has 5 fully saturated rings. The third-order valence-corrected chi connectivity index (χ3v) is 12.0. The lowest BCUT2D eigenvalue weighted by Crippen LogP contribution is -2.93. The molecule has 2 aromatic carbocycles. The summed E-state index contributed by atoms with van der Waals surface area (Å²) in [4.78, 5) is 28.2. The number of fused-ring (bicyclic) bond motifs is 2. The second-order valence-corrected chi connectivity index (χ2v) is 13.1. The standard InChI is InChI=1S/C31H32N4O2/c1-16-24-21-13-22-25(16)27(24)31(21,22)29(37)34-10-8-30(2,9-11-34)35-15-17(14-32-35)12-18-6-7-23-26-19(18)4-3-5-20(26)28(36)33-23/h3-7,14-16,21-22,24-25,27H,8-13H2,1-2H3,(H,33,36). The maximum atomic E-state index is 13.7. The first-order valence-corrected chi connectivity index (χ1v) is 14.1. The van der Waals surface area contributed by atoms with E-state index < -0.39 is 0 Å². The van der Waals surface area contributed by atoms with Crippen LogP contribution in [0.1, 0.15) is 54.6 Å². The van der Waals surface area contributed by atoms with Crippen LogP contribution < -0.4 is 5.32 Å². The van der Waals surface area contributed by atoms with Crippen molar-refractivity contribution in [1.82, 2.24) is 14.7 Å². The first-order chi connectivity index (χ1) is 17.9. The highest BCUT2D eigenvalue weighted by Gasteiger charge is 2.92. The Morgan fingerprint density at radius 2 is 1.92 bits per heavy atom. The van der Waals surface area contributed by atoms with E-state index in [2.05, 4.69) is 47.1 Å². The number of nitrogens with zero attached hydrogens (tertiary/aromatic N) is 3. The van der Waals surface area contributed by atoms with E-state index in [9.17, 15) is 9.59 Å². The minimum absolute atomic E-state index is 0.0172. The van der Waals surface area contributed by atoms with Crippen molar-refractivity contribution >= 4 is 28.3 Å². The average molecular weight is 493 g/mol. The fourth-order valence-electron chi connectivity index (χ4n) is 10.1. The Bertz CT molecular complexity index is 1510. The molecule has 0 spiro atoms. The van der Waals surface area contributed by atoms with Crippen LogP contribution in [0.25, 0.3) is 10.8 Å². The minimum atomic E-state index is -0.0662. The predicted molar refractivity (Wildman–Crippen MR) is 140 cm³/mol. The van der Waals surface area contributed by atoms with Crippen molar-refractivity contribution in [2.75, 3.05) is 18.4 Å². The Balaban J connectivity index is 0.919. The molecule has 188 valence electrons.